The Morgan fingerprint density at radius 1 is 0.857 bits per heavy atom. The van der Waals surface area contributed by atoms with Crippen LogP contribution in [-0.4, -0.2) is 28.8 Å². The van der Waals surface area contributed by atoms with Gasteiger partial charge in [0.05, 0.1) is 4.92 Å². The Morgan fingerprint density at radius 2 is 1.46 bits per heavy atom. The predicted molar refractivity (Wildman–Crippen MR) is 109 cm³/mol. The SMILES string of the molecule is O=C(c1ccccc1)c1ccc(NC2CCC(NC3CC3)CC2)c([N+](=O)[O-])c1. The second-order valence-corrected chi connectivity index (χ2v) is 7.82. The molecule has 146 valence electrons. The predicted octanol–water partition coefficient (Wildman–Crippen LogP) is 4.30. The maximum atomic E-state index is 12.6. The average Bonchev–Trinajstić information content (AvgIpc) is 3.54. The third-order valence-corrected chi connectivity index (χ3v) is 5.63. The zero-order chi connectivity index (χ0) is 19.5. The molecule has 2 aromatic carbocycles. The lowest BCUT2D eigenvalue weighted by atomic mass is 9.90. The van der Waals surface area contributed by atoms with Crippen LogP contribution < -0.4 is 10.6 Å². The Morgan fingerprint density at radius 3 is 2.07 bits per heavy atom. The molecule has 4 rings (SSSR count). The summed E-state index contributed by atoms with van der Waals surface area (Å²) in [7, 11) is 0. The van der Waals surface area contributed by atoms with E-state index in [1.807, 2.05) is 6.07 Å². The molecule has 0 unspecified atom stereocenters. The number of nitro benzene ring substituents is 1. The van der Waals surface area contributed by atoms with E-state index in [0.29, 0.717) is 28.9 Å². The maximum Gasteiger partial charge on any atom is 0.293 e. The van der Waals surface area contributed by atoms with Crippen molar-refractivity contribution >= 4 is 17.2 Å². The Bertz CT molecular complexity index is 857. The molecule has 0 heterocycles. The fourth-order valence-electron chi connectivity index (χ4n) is 3.91. The lowest BCUT2D eigenvalue weighted by Gasteiger charge is -2.30. The summed E-state index contributed by atoms with van der Waals surface area (Å²) < 4.78 is 0. The largest absolute Gasteiger partial charge is 0.377 e. The number of hydrogen-bond acceptors (Lipinski definition) is 5. The molecule has 28 heavy (non-hydrogen) atoms. The highest BCUT2D eigenvalue weighted by atomic mass is 16.6. The van der Waals surface area contributed by atoms with E-state index in [1.165, 1.54) is 18.9 Å². The van der Waals surface area contributed by atoms with Crippen molar-refractivity contribution in [1.29, 1.82) is 0 Å². The van der Waals surface area contributed by atoms with Crippen molar-refractivity contribution in [2.45, 2.75) is 56.7 Å². The first kappa shape index (κ1) is 18.6. The molecule has 2 aromatic rings. The Labute approximate surface area is 164 Å². The monoisotopic (exact) mass is 379 g/mol. The molecule has 0 aromatic heterocycles. The number of nitro groups is 1. The zero-order valence-electron chi connectivity index (χ0n) is 15.8. The second-order valence-electron chi connectivity index (χ2n) is 7.82. The summed E-state index contributed by atoms with van der Waals surface area (Å²) in [4.78, 5) is 23.8. The number of anilines is 1. The van der Waals surface area contributed by atoms with E-state index in [0.717, 1.165) is 25.7 Å². The van der Waals surface area contributed by atoms with Gasteiger partial charge in [0.1, 0.15) is 5.69 Å². The first-order valence-electron chi connectivity index (χ1n) is 10.0. The van der Waals surface area contributed by atoms with Gasteiger partial charge in [0.25, 0.3) is 5.69 Å². The summed E-state index contributed by atoms with van der Waals surface area (Å²) in [5, 5.41) is 18.6. The molecular formula is C22H25N3O3. The fraction of sp³-hybridized carbons (Fsp3) is 0.409. The molecule has 0 radical (unpaired) electrons. The van der Waals surface area contributed by atoms with Crippen molar-refractivity contribution in [2.24, 2.45) is 0 Å². The van der Waals surface area contributed by atoms with Gasteiger partial charge in [0.2, 0.25) is 0 Å². The second kappa shape index (κ2) is 8.10. The van der Waals surface area contributed by atoms with E-state index < -0.39 is 4.92 Å². The molecule has 0 saturated heterocycles. The first-order valence-corrected chi connectivity index (χ1v) is 10.0. The number of nitrogens with zero attached hydrogens (tertiary/aromatic N) is 1. The van der Waals surface area contributed by atoms with Crippen molar-refractivity contribution in [3.8, 4) is 0 Å². The number of benzene rings is 2. The highest BCUT2D eigenvalue weighted by molar-refractivity contribution is 6.09. The van der Waals surface area contributed by atoms with E-state index in [-0.39, 0.29) is 17.5 Å². The van der Waals surface area contributed by atoms with Crippen LogP contribution in [0.2, 0.25) is 0 Å². The van der Waals surface area contributed by atoms with E-state index in [1.54, 1.807) is 36.4 Å². The number of carbonyl (C=O) groups is 1. The molecule has 0 bridgehead atoms. The molecule has 0 atom stereocenters. The van der Waals surface area contributed by atoms with Crippen LogP contribution in [0.25, 0.3) is 0 Å². The molecule has 0 amide bonds. The lowest BCUT2D eigenvalue weighted by molar-refractivity contribution is -0.384. The minimum atomic E-state index is -0.412. The molecule has 2 fully saturated rings. The van der Waals surface area contributed by atoms with E-state index in [9.17, 15) is 14.9 Å². The van der Waals surface area contributed by atoms with Gasteiger partial charge >= 0.3 is 0 Å². The normalized spacial score (nSPS) is 21.9. The summed E-state index contributed by atoms with van der Waals surface area (Å²) in [5.74, 6) is -0.207. The molecular weight excluding hydrogens is 354 g/mol. The van der Waals surface area contributed by atoms with Gasteiger partial charge in [-0.3, -0.25) is 14.9 Å². The molecule has 2 N–H and O–H groups in total. The summed E-state index contributed by atoms with van der Waals surface area (Å²) in [5.41, 5.74) is 1.31. The summed E-state index contributed by atoms with van der Waals surface area (Å²) in [6.45, 7) is 0. The quantitative estimate of drug-likeness (QED) is 0.426. The molecule has 6 nitrogen and oxygen atoms in total. The molecule has 0 aliphatic heterocycles. The number of ketones is 1. The molecule has 2 aliphatic rings. The highest BCUT2D eigenvalue weighted by Gasteiger charge is 2.28. The summed E-state index contributed by atoms with van der Waals surface area (Å²) >= 11 is 0. The molecule has 0 spiro atoms. The summed E-state index contributed by atoms with van der Waals surface area (Å²) in [6.07, 6.45) is 6.74. The van der Waals surface area contributed by atoms with Crippen LogP contribution in [0.4, 0.5) is 11.4 Å². The molecule has 2 saturated carbocycles. The Hall–Kier alpha value is -2.73. The smallest absolute Gasteiger partial charge is 0.293 e. The van der Waals surface area contributed by atoms with E-state index in [2.05, 4.69) is 10.6 Å². The Kier molecular flexibility index (Phi) is 5.39. The van der Waals surface area contributed by atoms with Crippen LogP contribution >= 0.6 is 0 Å². The van der Waals surface area contributed by atoms with Gasteiger partial charge < -0.3 is 10.6 Å². The third kappa shape index (κ3) is 4.39. The number of carbonyl (C=O) groups excluding carboxylic acids is 1. The van der Waals surface area contributed by atoms with E-state index >= 15 is 0 Å². The highest BCUT2D eigenvalue weighted by Crippen LogP contribution is 2.31. The van der Waals surface area contributed by atoms with Crippen LogP contribution in [-0.2, 0) is 0 Å². The first-order chi connectivity index (χ1) is 13.6. The van der Waals surface area contributed by atoms with Crippen LogP contribution in [0.1, 0.15) is 54.4 Å². The van der Waals surface area contributed by atoms with Gasteiger partial charge in [-0.25, -0.2) is 0 Å². The lowest BCUT2D eigenvalue weighted by Crippen LogP contribution is -2.38. The number of hydrogen-bond donors (Lipinski definition) is 2. The van der Waals surface area contributed by atoms with Crippen LogP contribution in [0.5, 0.6) is 0 Å². The molecule has 6 heteroatoms. The van der Waals surface area contributed by atoms with Crippen LogP contribution in [0, 0.1) is 10.1 Å². The zero-order valence-corrected chi connectivity index (χ0v) is 15.8. The van der Waals surface area contributed by atoms with E-state index in [4.69, 9.17) is 0 Å². The van der Waals surface area contributed by atoms with Crippen molar-refractivity contribution in [2.75, 3.05) is 5.32 Å². The average molecular weight is 379 g/mol. The fourth-order valence-corrected chi connectivity index (χ4v) is 3.91. The minimum Gasteiger partial charge on any atom is -0.377 e. The van der Waals surface area contributed by atoms with Crippen LogP contribution in [0.15, 0.2) is 48.5 Å². The Balaban J connectivity index is 1.45. The topological polar surface area (TPSA) is 84.3 Å². The van der Waals surface area contributed by atoms with Gasteiger partial charge in [-0.1, -0.05) is 30.3 Å². The molecule has 2 aliphatic carbocycles. The van der Waals surface area contributed by atoms with Gasteiger partial charge in [0, 0.05) is 35.3 Å². The van der Waals surface area contributed by atoms with Crippen LogP contribution in [0.3, 0.4) is 0 Å². The van der Waals surface area contributed by atoms with Gasteiger partial charge in [0.15, 0.2) is 5.78 Å². The van der Waals surface area contributed by atoms with Gasteiger partial charge in [-0.05, 0) is 50.7 Å². The van der Waals surface area contributed by atoms with Crippen molar-refractivity contribution in [3.63, 3.8) is 0 Å². The van der Waals surface area contributed by atoms with Crippen molar-refractivity contribution in [3.05, 3.63) is 69.8 Å². The minimum absolute atomic E-state index is 0.0417. The third-order valence-electron chi connectivity index (χ3n) is 5.63. The maximum absolute atomic E-state index is 12.6. The van der Waals surface area contributed by atoms with Crippen molar-refractivity contribution in [1.82, 2.24) is 5.32 Å². The number of rotatable bonds is 7. The van der Waals surface area contributed by atoms with Gasteiger partial charge in [-0.2, -0.15) is 0 Å². The number of nitrogens with one attached hydrogen (secondary N) is 2. The van der Waals surface area contributed by atoms with Gasteiger partial charge in [-0.15, -0.1) is 0 Å². The standard InChI is InChI=1S/C22H25N3O3/c26-22(15-4-2-1-3-5-15)16-6-13-20(21(14-16)25(27)28)24-19-11-9-18(10-12-19)23-17-7-8-17/h1-6,13-14,17-19,23-24H,7-12H2. The van der Waals surface area contributed by atoms with Crippen molar-refractivity contribution < 1.29 is 9.72 Å². The summed E-state index contributed by atoms with van der Waals surface area (Å²) in [6, 6.07) is 15.1.